The van der Waals surface area contributed by atoms with E-state index in [1.54, 1.807) is 39.0 Å². The summed E-state index contributed by atoms with van der Waals surface area (Å²) in [4.78, 5) is 23.8. The third-order valence-corrected chi connectivity index (χ3v) is 2.91. The standard InChI is InChI=1S/C18H25NO5/c1-6-11-23-14-9-7-13(8-10-14)12-15(16(20)22-5)19-17(21)24-18(2,3)4/h6-10,15H,1,11-12H2,2-5H3,(H,19,21). The minimum atomic E-state index is -0.829. The van der Waals surface area contributed by atoms with Crippen LogP contribution in [0.4, 0.5) is 4.79 Å². The van der Waals surface area contributed by atoms with Gasteiger partial charge in [0.05, 0.1) is 7.11 Å². The molecular formula is C18H25NO5. The molecule has 0 saturated heterocycles. The summed E-state index contributed by atoms with van der Waals surface area (Å²) < 4.78 is 15.3. The van der Waals surface area contributed by atoms with E-state index in [4.69, 9.17) is 14.2 Å². The van der Waals surface area contributed by atoms with E-state index in [9.17, 15) is 9.59 Å². The van der Waals surface area contributed by atoms with Crippen molar-refractivity contribution >= 4 is 12.1 Å². The Morgan fingerprint density at radius 2 is 1.88 bits per heavy atom. The smallest absolute Gasteiger partial charge is 0.408 e. The number of ether oxygens (including phenoxy) is 3. The molecule has 0 saturated carbocycles. The van der Waals surface area contributed by atoms with Crippen molar-refractivity contribution in [1.82, 2.24) is 5.32 Å². The van der Waals surface area contributed by atoms with Crippen LogP contribution in [0.1, 0.15) is 26.3 Å². The topological polar surface area (TPSA) is 73.9 Å². The number of rotatable bonds is 7. The Bertz CT molecular complexity index is 560. The molecule has 0 aliphatic rings. The lowest BCUT2D eigenvalue weighted by Gasteiger charge is -2.22. The summed E-state index contributed by atoms with van der Waals surface area (Å²) in [6, 6.07) is 6.40. The second-order valence-corrected chi connectivity index (χ2v) is 6.17. The van der Waals surface area contributed by atoms with Crippen LogP contribution in [0.3, 0.4) is 0 Å². The molecule has 1 rings (SSSR count). The van der Waals surface area contributed by atoms with Crippen LogP contribution in [-0.2, 0) is 20.7 Å². The molecule has 1 aromatic carbocycles. The van der Waals surface area contributed by atoms with Crippen LogP contribution in [0.2, 0.25) is 0 Å². The summed E-state index contributed by atoms with van der Waals surface area (Å²) >= 11 is 0. The van der Waals surface area contributed by atoms with Gasteiger partial charge in [-0.2, -0.15) is 0 Å². The van der Waals surface area contributed by atoms with E-state index in [1.165, 1.54) is 7.11 Å². The molecule has 1 atom stereocenters. The molecule has 0 fully saturated rings. The second kappa shape index (κ2) is 8.96. The molecule has 0 bridgehead atoms. The maximum Gasteiger partial charge on any atom is 0.408 e. The number of esters is 1. The van der Waals surface area contributed by atoms with Crippen molar-refractivity contribution in [2.45, 2.75) is 38.8 Å². The fourth-order valence-corrected chi connectivity index (χ4v) is 1.90. The first-order chi connectivity index (χ1) is 11.2. The van der Waals surface area contributed by atoms with E-state index in [2.05, 4.69) is 11.9 Å². The number of methoxy groups -OCH3 is 1. The van der Waals surface area contributed by atoms with Crippen LogP contribution in [0, 0.1) is 0 Å². The van der Waals surface area contributed by atoms with Crippen molar-refractivity contribution in [3.05, 3.63) is 42.5 Å². The van der Waals surface area contributed by atoms with Gasteiger partial charge in [0, 0.05) is 6.42 Å². The quantitative estimate of drug-likeness (QED) is 0.613. The van der Waals surface area contributed by atoms with Crippen LogP contribution >= 0.6 is 0 Å². The van der Waals surface area contributed by atoms with E-state index >= 15 is 0 Å². The van der Waals surface area contributed by atoms with Gasteiger partial charge in [-0.25, -0.2) is 9.59 Å². The molecule has 6 heteroatoms. The molecule has 1 aromatic rings. The molecule has 0 heterocycles. The minimum absolute atomic E-state index is 0.285. The second-order valence-electron chi connectivity index (χ2n) is 6.17. The summed E-state index contributed by atoms with van der Waals surface area (Å²) in [7, 11) is 1.28. The number of amides is 1. The number of benzene rings is 1. The zero-order valence-corrected chi connectivity index (χ0v) is 14.6. The Morgan fingerprint density at radius 3 is 2.38 bits per heavy atom. The predicted molar refractivity (Wildman–Crippen MR) is 91.0 cm³/mol. The predicted octanol–water partition coefficient (Wildman–Crippen LogP) is 2.86. The molecule has 0 aliphatic carbocycles. The van der Waals surface area contributed by atoms with Gasteiger partial charge in [-0.3, -0.25) is 0 Å². The van der Waals surface area contributed by atoms with E-state index in [0.29, 0.717) is 12.4 Å². The zero-order valence-electron chi connectivity index (χ0n) is 14.6. The lowest BCUT2D eigenvalue weighted by molar-refractivity contribution is -0.143. The Balaban J connectivity index is 2.73. The van der Waals surface area contributed by atoms with Crippen LogP contribution < -0.4 is 10.1 Å². The van der Waals surface area contributed by atoms with Gasteiger partial charge < -0.3 is 19.5 Å². The summed E-state index contributed by atoms with van der Waals surface area (Å²) in [5, 5.41) is 2.54. The summed E-state index contributed by atoms with van der Waals surface area (Å²) in [5.74, 6) is 0.168. The zero-order chi connectivity index (χ0) is 18.2. The van der Waals surface area contributed by atoms with Gasteiger partial charge in [-0.1, -0.05) is 24.8 Å². The van der Waals surface area contributed by atoms with Gasteiger partial charge in [-0.05, 0) is 38.5 Å². The SMILES string of the molecule is C=CCOc1ccc(CC(NC(=O)OC(C)(C)C)C(=O)OC)cc1. The Kier molecular flexibility index (Phi) is 7.30. The normalized spacial score (nSPS) is 12.0. The molecule has 0 aliphatic heterocycles. The largest absolute Gasteiger partial charge is 0.490 e. The van der Waals surface area contributed by atoms with E-state index in [0.717, 1.165) is 5.56 Å². The van der Waals surface area contributed by atoms with Crippen LogP contribution in [-0.4, -0.2) is 37.4 Å². The lowest BCUT2D eigenvalue weighted by Crippen LogP contribution is -2.45. The van der Waals surface area contributed by atoms with Gasteiger partial charge in [0.25, 0.3) is 0 Å². The third kappa shape index (κ3) is 7.17. The number of carbonyl (C=O) groups excluding carboxylic acids is 2. The Morgan fingerprint density at radius 1 is 1.25 bits per heavy atom. The molecule has 0 aromatic heterocycles. The van der Waals surface area contributed by atoms with E-state index < -0.39 is 23.7 Å². The summed E-state index contributed by atoms with van der Waals surface area (Å²) in [5.41, 5.74) is 0.210. The Labute approximate surface area is 142 Å². The maximum absolute atomic E-state index is 11.9. The first kappa shape index (κ1) is 19.5. The molecule has 1 N–H and O–H groups in total. The van der Waals surface area contributed by atoms with Gasteiger partial charge in [0.2, 0.25) is 0 Å². The monoisotopic (exact) mass is 335 g/mol. The van der Waals surface area contributed by atoms with Gasteiger partial charge in [-0.15, -0.1) is 0 Å². The highest BCUT2D eigenvalue weighted by Gasteiger charge is 2.25. The van der Waals surface area contributed by atoms with Crippen molar-refractivity contribution in [2.24, 2.45) is 0 Å². The van der Waals surface area contributed by atoms with Gasteiger partial charge in [0.15, 0.2) is 0 Å². The number of alkyl carbamates (subject to hydrolysis) is 1. The van der Waals surface area contributed by atoms with Crippen LogP contribution in [0.5, 0.6) is 5.75 Å². The van der Waals surface area contributed by atoms with E-state index in [1.807, 2.05) is 12.1 Å². The molecular weight excluding hydrogens is 310 g/mol. The number of hydrogen-bond acceptors (Lipinski definition) is 5. The van der Waals surface area contributed by atoms with Gasteiger partial charge >= 0.3 is 12.1 Å². The number of hydrogen-bond donors (Lipinski definition) is 1. The molecule has 132 valence electrons. The van der Waals surface area contributed by atoms with Crippen molar-refractivity contribution in [3.8, 4) is 5.75 Å². The highest BCUT2D eigenvalue weighted by atomic mass is 16.6. The fourth-order valence-electron chi connectivity index (χ4n) is 1.90. The molecule has 6 nitrogen and oxygen atoms in total. The molecule has 0 radical (unpaired) electrons. The van der Waals surface area contributed by atoms with Crippen molar-refractivity contribution < 1.29 is 23.8 Å². The van der Waals surface area contributed by atoms with E-state index in [-0.39, 0.29) is 6.42 Å². The first-order valence-electron chi connectivity index (χ1n) is 7.65. The lowest BCUT2D eigenvalue weighted by atomic mass is 10.1. The maximum atomic E-state index is 11.9. The van der Waals surface area contributed by atoms with Crippen LogP contribution in [0.25, 0.3) is 0 Å². The Hall–Kier alpha value is -2.50. The van der Waals surface area contributed by atoms with Crippen molar-refractivity contribution in [1.29, 1.82) is 0 Å². The number of nitrogens with one attached hydrogen (secondary N) is 1. The first-order valence-corrected chi connectivity index (χ1v) is 7.65. The minimum Gasteiger partial charge on any atom is -0.490 e. The number of carbonyl (C=O) groups is 2. The average molecular weight is 335 g/mol. The van der Waals surface area contributed by atoms with Crippen LogP contribution in [0.15, 0.2) is 36.9 Å². The average Bonchev–Trinajstić information content (AvgIpc) is 2.51. The summed E-state index contributed by atoms with van der Waals surface area (Å²) in [6.07, 6.45) is 1.28. The third-order valence-electron chi connectivity index (χ3n) is 2.91. The molecule has 1 amide bonds. The van der Waals surface area contributed by atoms with Gasteiger partial charge in [0.1, 0.15) is 24.0 Å². The molecule has 24 heavy (non-hydrogen) atoms. The van der Waals surface area contributed by atoms with Crippen molar-refractivity contribution in [2.75, 3.05) is 13.7 Å². The van der Waals surface area contributed by atoms with Crippen molar-refractivity contribution in [3.63, 3.8) is 0 Å². The highest BCUT2D eigenvalue weighted by Crippen LogP contribution is 2.14. The summed E-state index contributed by atoms with van der Waals surface area (Å²) in [6.45, 7) is 9.26. The fraction of sp³-hybridized carbons (Fsp3) is 0.444. The highest BCUT2D eigenvalue weighted by molar-refractivity contribution is 5.81. The molecule has 1 unspecified atom stereocenters. The molecule has 0 spiro atoms.